The smallest absolute Gasteiger partial charge is 0.126 e. The fourth-order valence-electron chi connectivity index (χ4n) is 5.79. The summed E-state index contributed by atoms with van der Waals surface area (Å²) in [5, 5.41) is 10.0. The first-order valence-electron chi connectivity index (χ1n) is 8.90. The third-order valence-corrected chi connectivity index (χ3v) is 6.01. The van der Waals surface area contributed by atoms with Gasteiger partial charge in [-0.25, -0.2) is 0 Å². The molecule has 0 radical (unpaired) electrons. The van der Waals surface area contributed by atoms with Gasteiger partial charge in [-0.15, -0.1) is 0 Å². The fourth-order valence-corrected chi connectivity index (χ4v) is 5.79. The van der Waals surface area contributed by atoms with Crippen molar-refractivity contribution in [2.24, 2.45) is 23.2 Å². The SMILES string of the molecule is C[N+](C)(C)C[C@@H](O)COCCC12CC3CC(CC(C3)C1)C2. The van der Waals surface area contributed by atoms with Gasteiger partial charge in [0, 0.05) is 6.61 Å². The lowest BCUT2D eigenvalue weighted by atomic mass is 9.49. The molecule has 0 aromatic carbocycles. The molecule has 0 spiro atoms. The minimum atomic E-state index is -0.332. The van der Waals surface area contributed by atoms with Gasteiger partial charge in [-0.05, 0) is 68.1 Å². The highest BCUT2D eigenvalue weighted by atomic mass is 16.5. The maximum absolute atomic E-state index is 10.0. The summed E-state index contributed by atoms with van der Waals surface area (Å²) in [7, 11) is 6.33. The van der Waals surface area contributed by atoms with Crippen molar-refractivity contribution < 1.29 is 14.3 Å². The van der Waals surface area contributed by atoms with Crippen molar-refractivity contribution in [3.63, 3.8) is 0 Å². The number of aliphatic hydroxyl groups excluding tert-OH is 1. The predicted octanol–water partition coefficient (Wildman–Crippen LogP) is 2.68. The van der Waals surface area contributed by atoms with Gasteiger partial charge in [0.25, 0.3) is 0 Å². The molecule has 0 aliphatic heterocycles. The van der Waals surface area contributed by atoms with Gasteiger partial charge in [0.15, 0.2) is 0 Å². The molecule has 0 aromatic rings. The van der Waals surface area contributed by atoms with E-state index < -0.39 is 0 Å². The summed E-state index contributed by atoms with van der Waals surface area (Å²) in [6.07, 6.45) is 9.83. The number of hydrogen-bond donors (Lipinski definition) is 1. The third kappa shape index (κ3) is 4.00. The van der Waals surface area contributed by atoms with E-state index in [1.54, 1.807) is 0 Å². The first-order valence-corrected chi connectivity index (χ1v) is 8.90. The number of ether oxygens (including phenoxy) is 1. The van der Waals surface area contributed by atoms with Crippen molar-refractivity contribution in [2.45, 2.75) is 51.0 Å². The van der Waals surface area contributed by atoms with Gasteiger partial charge in [-0.2, -0.15) is 0 Å². The van der Waals surface area contributed by atoms with Crippen LogP contribution >= 0.6 is 0 Å². The number of rotatable bonds is 7. The monoisotopic (exact) mass is 296 g/mol. The van der Waals surface area contributed by atoms with Gasteiger partial charge >= 0.3 is 0 Å². The van der Waals surface area contributed by atoms with Gasteiger partial charge in [0.2, 0.25) is 0 Å². The maximum Gasteiger partial charge on any atom is 0.126 e. The van der Waals surface area contributed by atoms with Gasteiger partial charge in [-0.1, -0.05) is 0 Å². The Hall–Kier alpha value is -0.120. The van der Waals surface area contributed by atoms with E-state index in [1.165, 1.54) is 44.9 Å². The second-order valence-electron chi connectivity index (χ2n) is 9.37. The molecule has 0 unspecified atom stereocenters. The van der Waals surface area contributed by atoms with Crippen LogP contribution in [0.5, 0.6) is 0 Å². The molecule has 0 amide bonds. The molecule has 3 nitrogen and oxygen atoms in total. The normalized spacial score (nSPS) is 39.7. The molecule has 4 aliphatic carbocycles. The Balaban J connectivity index is 1.40. The van der Waals surface area contributed by atoms with Crippen molar-refractivity contribution >= 4 is 0 Å². The number of quaternary nitrogens is 1. The van der Waals surface area contributed by atoms with E-state index in [1.807, 2.05) is 0 Å². The number of nitrogens with zero attached hydrogens (tertiary/aromatic N) is 1. The number of hydrogen-bond acceptors (Lipinski definition) is 2. The molecule has 3 heteroatoms. The summed E-state index contributed by atoms with van der Waals surface area (Å²) < 4.78 is 6.61. The van der Waals surface area contributed by atoms with Gasteiger partial charge in [0.05, 0.1) is 27.7 Å². The van der Waals surface area contributed by atoms with Crippen LogP contribution in [0.3, 0.4) is 0 Å². The summed E-state index contributed by atoms with van der Waals surface area (Å²) in [5.74, 6) is 3.08. The van der Waals surface area contributed by atoms with Crippen LogP contribution in [0.4, 0.5) is 0 Å². The molecule has 0 aromatic heterocycles. The van der Waals surface area contributed by atoms with E-state index in [4.69, 9.17) is 4.74 Å². The van der Waals surface area contributed by atoms with E-state index in [2.05, 4.69) is 21.1 Å². The molecular formula is C18H34NO2+. The van der Waals surface area contributed by atoms with Crippen LogP contribution in [0.2, 0.25) is 0 Å². The van der Waals surface area contributed by atoms with E-state index in [9.17, 15) is 5.11 Å². The molecule has 4 bridgehead atoms. The Kier molecular flexibility index (Phi) is 4.37. The summed E-state index contributed by atoms with van der Waals surface area (Å²) >= 11 is 0. The molecule has 21 heavy (non-hydrogen) atoms. The predicted molar refractivity (Wildman–Crippen MR) is 84.9 cm³/mol. The minimum absolute atomic E-state index is 0.332. The zero-order valence-corrected chi connectivity index (χ0v) is 14.2. The van der Waals surface area contributed by atoms with Crippen molar-refractivity contribution in [2.75, 3.05) is 40.9 Å². The van der Waals surface area contributed by atoms with Gasteiger partial charge in [-0.3, -0.25) is 0 Å². The van der Waals surface area contributed by atoms with Crippen molar-refractivity contribution in [1.29, 1.82) is 0 Å². The molecule has 0 saturated heterocycles. The molecule has 4 rings (SSSR count). The van der Waals surface area contributed by atoms with Gasteiger partial charge in [0.1, 0.15) is 12.6 Å². The van der Waals surface area contributed by atoms with E-state index >= 15 is 0 Å². The lowest BCUT2D eigenvalue weighted by Gasteiger charge is -2.57. The zero-order valence-electron chi connectivity index (χ0n) is 14.2. The zero-order chi connectivity index (χ0) is 15.1. The summed E-state index contributed by atoms with van der Waals surface area (Å²) in [4.78, 5) is 0. The highest BCUT2D eigenvalue weighted by Gasteiger charge is 2.50. The van der Waals surface area contributed by atoms with Crippen LogP contribution in [-0.2, 0) is 4.74 Å². The quantitative estimate of drug-likeness (QED) is 0.578. The van der Waals surface area contributed by atoms with Crippen LogP contribution in [0, 0.1) is 23.2 Å². The highest BCUT2D eigenvalue weighted by Crippen LogP contribution is 2.61. The lowest BCUT2D eigenvalue weighted by Crippen LogP contribution is -2.46. The van der Waals surface area contributed by atoms with Crippen LogP contribution in [0.25, 0.3) is 0 Å². The molecule has 0 heterocycles. The number of likely N-dealkylation sites (N-methyl/N-ethyl adjacent to an activating group) is 1. The molecule has 122 valence electrons. The summed E-state index contributed by atoms with van der Waals surface area (Å²) in [6.45, 7) is 2.11. The van der Waals surface area contributed by atoms with Crippen LogP contribution in [0.15, 0.2) is 0 Å². The fraction of sp³-hybridized carbons (Fsp3) is 1.00. The maximum atomic E-state index is 10.0. The highest BCUT2D eigenvalue weighted by molar-refractivity contribution is 5.01. The topological polar surface area (TPSA) is 29.5 Å². The summed E-state index contributed by atoms with van der Waals surface area (Å²) in [6, 6.07) is 0. The van der Waals surface area contributed by atoms with E-state index in [0.717, 1.165) is 35.4 Å². The van der Waals surface area contributed by atoms with Crippen molar-refractivity contribution in [3.8, 4) is 0 Å². The standard InChI is InChI=1S/C18H34NO2/c1-19(2,3)12-17(20)13-21-5-4-18-9-14-6-15(10-18)8-16(7-14)11-18/h14-17,20H,4-13H2,1-3H3/q+1/t14?,15?,16?,17-,18?/m1/s1. The Morgan fingerprint density at radius 3 is 2.05 bits per heavy atom. The largest absolute Gasteiger partial charge is 0.385 e. The average Bonchev–Trinajstić information content (AvgIpc) is 2.31. The lowest BCUT2D eigenvalue weighted by molar-refractivity contribution is -0.873. The molecular weight excluding hydrogens is 262 g/mol. The average molecular weight is 296 g/mol. The molecule has 4 aliphatic rings. The second kappa shape index (κ2) is 5.82. The van der Waals surface area contributed by atoms with Crippen LogP contribution in [-0.4, -0.2) is 56.6 Å². The van der Waals surface area contributed by atoms with Crippen LogP contribution in [0.1, 0.15) is 44.9 Å². The van der Waals surface area contributed by atoms with E-state index in [-0.39, 0.29) is 6.10 Å². The molecule has 1 atom stereocenters. The third-order valence-electron chi connectivity index (χ3n) is 6.01. The number of aliphatic hydroxyl groups is 1. The minimum Gasteiger partial charge on any atom is -0.385 e. The molecule has 4 fully saturated rings. The van der Waals surface area contributed by atoms with Crippen molar-refractivity contribution in [3.05, 3.63) is 0 Å². The Bertz CT molecular complexity index is 325. The van der Waals surface area contributed by atoms with Crippen LogP contribution < -0.4 is 0 Å². The Morgan fingerprint density at radius 1 is 1.05 bits per heavy atom. The first kappa shape index (κ1) is 15.8. The van der Waals surface area contributed by atoms with E-state index in [0.29, 0.717) is 12.0 Å². The molecule has 4 saturated carbocycles. The second-order valence-corrected chi connectivity index (χ2v) is 9.37. The molecule has 1 N–H and O–H groups in total. The Morgan fingerprint density at radius 2 is 1.57 bits per heavy atom. The van der Waals surface area contributed by atoms with Crippen molar-refractivity contribution in [1.82, 2.24) is 0 Å². The Labute approximate surface area is 130 Å². The first-order chi connectivity index (χ1) is 9.84. The summed E-state index contributed by atoms with van der Waals surface area (Å²) in [5.41, 5.74) is 0.611. The van der Waals surface area contributed by atoms with Gasteiger partial charge < -0.3 is 14.3 Å².